The number of halogens is 1. The highest BCUT2D eigenvalue weighted by molar-refractivity contribution is 6.30. The van der Waals surface area contributed by atoms with Gasteiger partial charge in [0.1, 0.15) is 0 Å². The summed E-state index contributed by atoms with van der Waals surface area (Å²) in [6.07, 6.45) is 2.12. The minimum absolute atomic E-state index is 0.0125. The first-order valence-electron chi connectivity index (χ1n) is 9.18. The van der Waals surface area contributed by atoms with Gasteiger partial charge in [0, 0.05) is 30.1 Å². The van der Waals surface area contributed by atoms with E-state index in [-0.39, 0.29) is 37.2 Å². The number of rotatable bonds is 9. The van der Waals surface area contributed by atoms with Crippen LogP contribution in [-0.2, 0) is 25.5 Å². The lowest BCUT2D eigenvalue weighted by Gasteiger charge is -2.16. The molecule has 1 N–H and O–H groups in total. The van der Waals surface area contributed by atoms with Crippen molar-refractivity contribution in [1.29, 1.82) is 0 Å². The first-order valence-corrected chi connectivity index (χ1v) is 9.56. The van der Waals surface area contributed by atoms with E-state index in [1.165, 1.54) is 11.9 Å². The zero-order valence-electron chi connectivity index (χ0n) is 15.9. The molecule has 0 unspecified atom stereocenters. The molecule has 1 fully saturated rings. The van der Waals surface area contributed by atoms with Crippen LogP contribution in [0.25, 0.3) is 11.4 Å². The van der Waals surface area contributed by atoms with Crippen LogP contribution in [0.5, 0.6) is 0 Å². The molecular weight excluding hydrogens is 400 g/mol. The number of hydrogen-bond acceptors (Lipinski definition) is 7. The maximum Gasteiger partial charge on any atom is 0.306 e. The van der Waals surface area contributed by atoms with Crippen molar-refractivity contribution in [2.75, 3.05) is 20.2 Å². The van der Waals surface area contributed by atoms with Gasteiger partial charge in [0.15, 0.2) is 6.61 Å². The van der Waals surface area contributed by atoms with Crippen LogP contribution < -0.4 is 5.32 Å². The molecule has 9 nitrogen and oxygen atoms in total. The third-order valence-electron chi connectivity index (χ3n) is 4.22. The summed E-state index contributed by atoms with van der Waals surface area (Å²) < 4.78 is 10.1. The summed E-state index contributed by atoms with van der Waals surface area (Å²) in [6, 6.07) is 7.19. The van der Waals surface area contributed by atoms with Crippen LogP contribution in [0.4, 0.5) is 0 Å². The average molecular weight is 421 g/mol. The van der Waals surface area contributed by atoms with Gasteiger partial charge in [0.25, 0.3) is 5.91 Å². The Balaban J connectivity index is 1.37. The number of carbonyl (C=O) groups is 3. The molecule has 2 aromatic rings. The maximum absolute atomic E-state index is 12.0. The summed E-state index contributed by atoms with van der Waals surface area (Å²) in [5.41, 5.74) is 0.742. The van der Waals surface area contributed by atoms with E-state index in [9.17, 15) is 14.4 Å². The van der Waals surface area contributed by atoms with E-state index in [2.05, 4.69) is 15.5 Å². The Morgan fingerprint density at radius 3 is 2.69 bits per heavy atom. The molecule has 3 rings (SSSR count). The Morgan fingerprint density at radius 1 is 1.28 bits per heavy atom. The van der Waals surface area contributed by atoms with E-state index in [0.29, 0.717) is 10.8 Å². The van der Waals surface area contributed by atoms with Crippen LogP contribution in [-0.4, -0.2) is 59.1 Å². The molecule has 1 heterocycles. The monoisotopic (exact) mass is 420 g/mol. The fourth-order valence-electron chi connectivity index (χ4n) is 2.41. The molecule has 154 valence electrons. The highest BCUT2D eigenvalue weighted by Gasteiger charge is 2.24. The van der Waals surface area contributed by atoms with E-state index in [4.69, 9.17) is 20.9 Å². The summed E-state index contributed by atoms with van der Waals surface area (Å²) in [6.45, 7) is -0.492. The van der Waals surface area contributed by atoms with Crippen LogP contribution in [0.1, 0.15) is 25.2 Å². The summed E-state index contributed by atoms with van der Waals surface area (Å²) >= 11 is 5.84. The molecule has 10 heteroatoms. The number of aryl methyl sites for hydroxylation is 1. The van der Waals surface area contributed by atoms with E-state index >= 15 is 0 Å². The van der Waals surface area contributed by atoms with Gasteiger partial charge in [-0.3, -0.25) is 14.4 Å². The van der Waals surface area contributed by atoms with E-state index in [1.54, 1.807) is 24.3 Å². The summed E-state index contributed by atoms with van der Waals surface area (Å²) in [7, 11) is 1.49. The predicted octanol–water partition coefficient (Wildman–Crippen LogP) is 1.60. The van der Waals surface area contributed by atoms with Crippen LogP contribution in [0, 0.1) is 0 Å². The quantitative estimate of drug-likeness (QED) is 0.612. The van der Waals surface area contributed by atoms with Crippen LogP contribution >= 0.6 is 11.6 Å². The number of carbonyl (C=O) groups excluding carboxylic acids is 3. The van der Waals surface area contributed by atoms with E-state index in [0.717, 1.165) is 18.4 Å². The zero-order chi connectivity index (χ0) is 20.8. The van der Waals surface area contributed by atoms with E-state index in [1.807, 2.05) is 0 Å². The number of amides is 2. The van der Waals surface area contributed by atoms with Gasteiger partial charge < -0.3 is 19.5 Å². The Morgan fingerprint density at radius 2 is 2.00 bits per heavy atom. The van der Waals surface area contributed by atoms with Crippen LogP contribution in [0.3, 0.4) is 0 Å². The van der Waals surface area contributed by atoms with Crippen molar-refractivity contribution >= 4 is 29.4 Å². The molecule has 0 radical (unpaired) electrons. The highest BCUT2D eigenvalue weighted by Crippen LogP contribution is 2.19. The Hall–Kier alpha value is -2.94. The Kier molecular flexibility index (Phi) is 6.82. The number of likely N-dealkylation sites (N-methyl/N-ethyl adjacent to an activating group) is 1. The lowest BCUT2D eigenvalue weighted by atomic mass is 10.2. The topological polar surface area (TPSA) is 115 Å². The van der Waals surface area contributed by atoms with Crippen molar-refractivity contribution in [3.05, 3.63) is 35.2 Å². The van der Waals surface area contributed by atoms with Gasteiger partial charge in [0.2, 0.25) is 17.6 Å². The number of hydrogen-bond donors (Lipinski definition) is 1. The van der Waals surface area contributed by atoms with Crippen LogP contribution in [0.2, 0.25) is 5.02 Å². The van der Waals surface area contributed by atoms with E-state index < -0.39 is 18.5 Å². The summed E-state index contributed by atoms with van der Waals surface area (Å²) in [5.74, 6) is -0.562. The molecule has 0 saturated heterocycles. The third kappa shape index (κ3) is 6.56. The minimum Gasteiger partial charge on any atom is -0.456 e. The first kappa shape index (κ1) is 20.8. The number of esters is 1. The maximum atomic E-state index is 12.0. The SMILES string of the molecule is CN(CC(=O)NC1CC1)C(=O)COC(=O)CCc1nc(-c2ccc(Cl)cc2)no1. The second-order valence-corrected chi connectivity index (χ2v) is 7.21. The molecule has 1 aliphatic carbocycles. The molecule has 0 aliphatic heterocycles. The van der Waals surface area contributed by atoms with Crippen molar-refractivity contribution in [2.24, 2.45) is 0 Å². The third-order valence-corrected chi connectivity index (χ3v) is 4.47. The molecule has 0 spiro atoms. The molecule has 0 atom stereocenters. The van der Waals surface area contributed by atoms with Gasteiger partial charge in [0.05, 0.1) is 13.0 Å². The summed E-state index contributed by atoms with van der Waals surface area (Å²) in [4.78, 5) is 40.9. The molecule has 29 heavy (non-hydrogen) atoms. The number of aromatic nitrogens is 2. The fraction of sp³-hybridized carbons (Fsp3) is 0.421. The lowest BCUT2D eigenvalue weighted by molar-refractivity contribution is -0.152. The number of nitrogens with zero attached hydrogens (tertiary/aromatic N) is 3. The van der Waals surface area contributed by atoms with Crippen molar-refractivity contribution in [2.45, 2.75) is 31.7 Å². The van der Waals surface area contributed by atoms with Crippen molar-refractivity contribution < 1.29 is 23.6 Å². The zero-order valence-corrected chi connectivity index (χ0v) is 16.6. The van der Waals surface area contributed by atoms with Gasteiger partial charge in [-0.1, -0.05) is 16.8 Å². The normalized spacial score (nSPS) is 13.0. The van der Waals surface area contributed by atoms with Gasteiger partial charge in [-0.15, -0.1) is 0 Å². The molecule has 1 saturated carbocycles. The van der Waals surface area contributed by atoms with Gasteiger partial charge in [-0.05, 0) is 37.1 Å². The molecule has 1 aliphatic rings. The lowest BCUT2D eigenvalue weighted by Crippen LogP contribution is -2.40. The van der Waals surface area contributed by atoms with Crippen molar-refractivity contribution in [1.82, 2.24) is 20.4 Å². The molecular formula is C19H21ClN4O5. The first-order chi connectivity index (χ1) is 13.9. The largest absolute Gasteiger partial charge is 0.456 e. The van der Waals surface area contributed by atoms with Gasteiger partial charge >= 0.3 is 5.97 Å². The second kappa shape index (κ2) is 9.51. The van der Waals surface area contributed by atoms with Gasteiger partial charge in [-0.25, -0.2) is 0 Å². The predicted molar refractivity (Wildman–Crippen MR) is 103 cm³/mol. The minimum atomic E-state index is -0.569. The molecule has 2 amide bonds. The second-order valence-electron chi connectivity index (χ2n) is 6.77. The van der Waals surface area contributed by atoms with Crippen molar-refractivity contribution in [3.8, 4) is 11.4 Å². The Labute approximate surface area is 172 Å². The summed E-state index contributed by atoms with van der Waals surface area (Å²) in [5, 5.41) is 7.25. The standard InChI is InChI=1S/C19H21ClN4O5/c1-24(10-15(25)21-14-6-7-14)17(26)11-28-18(27)9-8-16-22-19(23-29-16)12-2-4-13(20)5-3-12/h2-5,14H,6-11H2,1H3,(H,21,25). The Bertz CT molecular complexity index is 879. The van der Waals surface area contributed by atoms with Crippen molar-refractivity contribution in [3.63, 3.8) is 0 Å². The van der Waals surface area contributed by atoms with Gasteiger partial charge in [-0.2, -0.15) is 4.98 Å². The van der Waals surface area contributed by atoms with Crippen LogP contribution in [0.15, 0.2) is 28.8 Å². The molecule has 1 aromatic carbocycles. The number of nitrogens with one attached hydrogen (secondary N) is 1. The highest BCUT2D eigenvalue weighted by atomic mass is 35.5. The number of benzene rings is 1. The average Bonchev–Trinajstić information content (AvgIpc) is 3.38. The molecule has 0 bridgehead atoms. The smallest absolute Gasteiger partial charge is 0.306 e. The fourth-order valence-corrected chi connectivity index (χ4v) is 2.54. The molecule has 1 aromatic heterocycles. The number of ether oxygens (including phenoxy) is 1.